The molecule has 3 heterocycles. The third-order valence-corrected chi connectivity index (χ3v) is 6.22. The smallest absolute Gasteiger partial charge is 0.257 e. The van der Waals surface area contributed by atoms with E-state index in [0.717, 1.165) is 29.8 Å². The molecule has 7 nitrogen and oxygen atoms in total. The lowest BCUT2D eigenvalue weighted by molar-refractivity contribution is -0.141. The Morgan fingerprint density at radius 1 is 1.00 bits per heavy atom. The minimum absolute atomic E-state index is 0.00940. The number of ether oxygens (including phenoxy) is 1. The lowest BCUT2D eigenvalue weighted by Crippen LogP contribution is -2.47. The van der Waals surface area contributed by atoms with Crippen molar-refractivity contribution in [3.05, 3.63) is 52.8 Å². The van der Waals surface area contributed by atoms with Crippen molar-refractivity contribution in [1.29, 1.82) is 0 Å². The number of hydrogen-bond acceptors (Lipinski definition) is 4. The van der Waals surface area contributed by atoms with Crippen LogP contribution in [0.1, 0.15) is 40.2 Å². The van der Waals surface area contributed by atoms with Gasteiger partial charge >= 0.3 is 0 Å². The monoisotopic (exact) mass is 410 g/mol. The summed E-state index contributed by atoms with van der Waals surface area (Å²) in [5, 5.41) is 4.62. The fourth-order valence-corrected chi connectivity index (χ4v) is 4.45. The van der Waals surface area contributed by atoms with Crippen molar-refractivity contribution in [2.45, 2.75) is 33.2 Å². The third-order valence-electron chi connectivity index (χ3n) is 6.22. The first-order valence-corrected chi connectivity index (χ1v) is 10.8. The van der Waals surface area contributed by atoms with Gasteiger partial charge in [-0.05, 0) is 32.3 Å². The zero-order valence-electron chi connectivity index (χ0n) is 17.8. The number of hydrogen-bond donors (Lipinski definition) is 0. The molecule has 30 heavy (non-hydrogen) atoms. The predicted octanol–water partition coefficient (Wildman–Crippen LogP) is 2.26. The second-order valence-electron chi connectivity index (χ2n) is 8.19. The summed E-state index contributed by atoms with van der Waals surface area (Å²) in [5.41, 5.74) is 3.52. The van der Waals surface area contributed by atoms with Gasteiger partial charge in [0.15, 0.2) is 0 Å². The lowest BCUT2D eigenvalue weighted by atomic mass is 9.94. The van der Waals surface area contributed by atoms with Crippen molar-refractivity contribution in [3.8, 4) is 0 Å². The average Bonchev–Trinajstić information content (AvgIpc) is 3.07. The molecule has 0 radical (unpaired) electrons. The first-order valence-electron chi connectivity index (χ1n) is 10.8. The number of rotatable bonds is 4. The molecular weight excluding hydrogens is 380 g/mol. The standard InChI is InChI=1S/C23H30N4O3/c1-17-21(18(2)27(24-17)16-19-6-4-3-5-7-19)23(29)25-10-8-20(9-11-25)22(28)26-12-14-30-15-13-26/h3-7,20H,8-16H2,1-2H3. The Hall–Kier alpha value is -2.67. The molecule has 7 heteroatoms. The molecule has 0 N–H and O–H groups in total. The quantitative estimate of drug-likeness (QED) is 0.775. The van der Waals surface area contributed by atoms with Gasteiger partial charge in [0.25, 0.3) is 5.91 Å². The molecule has 0 spiro atoms. The Balaban J connectivity index is 1.40. The highest BCUT2D eigenvalue weighted by molar-refractivity contribution is 5.96. The van der Waals surface area contributed by atoms with Gasteiger partial charge in [0.1, 0.15) is 0 Å². The average molecular weight is 411 g/mol. The molecule has 0 aliphatic carbocycles. The maximum Gasteiger partial charge on any atom is 0.257 e. The summed E-state index contributed by atoms with van der Waals surface area (Å²) >= 11 is 0. The molecule has 2 amide bonds. The molecule has 0 bridgehead atoms. The second kappa shape index (κ2) is 9.00. The number of morpholine rings is 1. The van der Waals surface area contributed by atoms with Crippen LogP contribution in [0.3, 0.4) is 0 Å². The van der Waals surface area contributed by atoms with Crippen molar-refractivity contribution in [1.82, 2.24) is 19.6 Å². The Kier molecular flexibility index (Phi) is 6.18. The van der Waals surface area contributed by atoms with Crippen LogP contribution in [-0.2, 0) is 16.1 Å². The van der Waals surface area contributed by atoms with Gasteiger partial charge in [0, 0.05) is 37.8 Å². The van der Waals surface area contributed by atoms with Crippen molar-refractivity contribution < 1.29 is 14.3 Å². The number of piperidine rings is 1. The number of amides is 2. The minimum Gasteiger partial charge on any atom is -0.378 e. The van der Waals surface area contributed by atoms with Crippen molar-refractivity contribution in [3.63, 3.8) is 0 Å². The molecule has 2 aromatic rings. The van der Waals surface area contributed by atoms with Gasteiger partial charge in [-0.25, -0.2) is 0 Å². The number of aromatic nitrogens is 2. The van der Waals surface area contributed by atoms with E-state index < -0.39 is 0 Å². The molecule has 160 valence electrons. The fourth-order valence-electron chi connectivity index (χ4n) is 4.45. The zero-order chi connectivity index (χ0) is 21.1. The van der Waals surface area contributed by atoms with E-state index >= 15 is 0 Å². The largest absolute Gasteiger partial charge is 0.378 e. The predicted molar refractivity (Wildman–Crippen MR) is 113 cm³/mol. The van der Waals surface area contributed by atoms with E-state index in [1.54, 1.807) is 0 Å². The molecule has 2 saturated heterocycles. The van der Waals surface area contributed by atoms with E-state index in [4.69, 9.17) is 4.74 Å². The summed E-state index contributed by atoms with van der Waals surface area (Å²) < 4.78 is 7.25. The number of aryl methyl sites for hydroxylation is 1. The van der Waals surface area contributed by atoms with E-state index in [2.05, 4.69) is 17.2 Å². The number of nitrogens with zero attached hydrogens (tertiary/aromatic N) is 4. The molecule has 0 saturated carbocycles. The van der Waals surface area contributed by atoms with Crippen LogP contribution in [0.2, 0.25) is 0 Å². The summed E-state index contributed by atoms with van der Waals surface area (Å²) in [6, 6.07) is 10.1. The van der Waals surface area contributed by atoms with Gasteiger partial charge in [-0.1, -0.05) is 30.3 Å². The second-order valence-corrected chi connectivity index (χ2v) is 8.19. The molecule has 4 rings (SSSR count). The first-order chi connectivity index (χ1) is 14.5. The van der Waals surface area contributed by atoms with Crippen LogP contribution in [0.4, 0.5) is 0 Å². The van der Waals surface area contributed by atoms with Crippen LogP contribution >= 0.6 is 0 Å². The highest BCUT2D eigenvalue weighted by Crippen LogP contribution is 2.24. The first kappa shape index (κ1) is 20.6. The highest BCUT2D eigenvalue weighted by Gasteiger charge is 2.32. The van der Waals surface area contributed by atoms with Crippen LogP contribution in [0.15, 0.2) is 30.3 Å². The molecule has 0 unspecified atom stereocenters. The molecule has 2 fully saturated rings. The van der Waals surface area contributed by atoms with Crippen LogP contribution in [0.5, 0.6) is 0 Å². The molecule has 2 aliphatic heterocycles. The Morgan fingerprint density at radius 3 is 2.33 bits per heavy atom. The molecule has 0 atom stereocenters. The van der Waals surface area contributed by atoms with Crippen LogP contribution < -0.4 is 0 Å². The normalized spacial score (nSPS) is 17.9. The Bertz CT molecular complexity index is 895. The zero-order valence-corrected chi connectivity index (χ0v) is 17.8. The van der Waals surface area contributed by atoms with E-state index in [-0.39, 0.29) is 17.7 Å². The number of carbonyl (C=O) groups excluding carboxylic acids is 2. The third kappa shape index (κ3) is 4.26. The van der Waals surface area contributed by atoms with Crippen LogP contribution in [-0.4, -0.2) is 70.8 Å². The Morgan fingerprint density at radius 2 is 1.67 bits per heavy atom. The van der Waals surface area contributed by atoms with E-state index in [9.17, 15) is 9.59 Å². The molecular formula is C23H30N4O3. The van der Waals surface area contributed by atoms with Gasteiger partial charge in [0.2, 0.25) is 5.91 Å². The van der Waals surface area contributed by atoms with E-state index in [0.29, 0.717) is 51.5 Å². The van der Waals surface area contributed by atoms with Gasteiger partial charge in [0.05, 0.1) is 31.0 Å². The lowest BCUT2D eigenvalue weighted by Gasteiger charge is -2.35. The van der Waals surface area contributed by atoms with Gasteiger partial charge in [-0.3, -0.25) is 14.3 Å². The molecule has 1 aromatic heterocycles. The summed E-state index contributed by atoms with van der Waals surface area (Å²) in [7, 11) is 0. The Labute approximate surface area is 177 Å². The number of carbonyl (C=O) groups is 2. The van der Waals surface area contributed by atoms with E-state index in [1.807, 2.05) is 46.5 Å². The number of benzene rings is 1. The molecule has 1 aromatic carbocycles. The fraction of sp³-hybridized carbons (Fsp3) is 0.522. The van der Waals surface area contributed by atoms with Crippen molar-refractivity contribution >= 4 is 11.8 Å². The van der Waals surface area contributed by atoms with Gasteiger partial charge in [-0.15, -0.1) is 0 Å². The summed E-state index contributed by atoms with van der Waals surface area (Å²) in [4.78, 5) is 29.8. The highest BCUT2D eigenvalue weighted by atomic mass is 16.5. The summed E-state index contributed by atoms with van der Waals surface area (Å²) in [5.74, 6) is 0.255. The van der Waals surface area contributed by atoms with Crippen molar-refractivity contribution in [2.24, 2.45) is 5.92 Å². The SMILES string of the molecule is Cc1nn(Cc2ccccc2)c(C)c1C(=O)N1CCC(C(=O)N2CCOCC2)CC1. The minimum atomic E-state index is 0.00940. The topological polar surface area (TPSA) is 67.7 Å². The maximum atomic E-state index is 13.2. The summed E-state index contributed by atoms with van der Waals surface area (Å²) in [6.45, 7) is 8.33. The summed E-state index contributed by atoms with van der Waals surface area (Å²) in [6.07, 6.45) is 1.44. The number of likely N-dealkylation sites (tertiary alicyclic amines) is 1. The van der Waals surface area contributed by atoms with Crippen LogP contribution in [0.25, 0.3) is 0 Å². The van der Waals surface area contributed by atoms with E-state index in [1.165, 1.54) is 0 Å². The van der Waals surface area contributed by atoms with Gasteiger partial charge in [-0.2, -0.15) is 5.10 Å². The van der Waals surface area contributed by atoms with Crippen molar-refractivity contribution in [2.75, 3.05) is 39.4 Å². The maximum absolute atomic E-state index is 13.2. The van der Waals surface area contributed by atoms with Gasteiger partial charge < -0.3 is 14.5 Å². The molecule has 2 aliphatic rings. The van der Waals surface area contributed by atoms with Crippen LogP contribution in [0, 0.1) is 19.8 Å².